The summed E-state index contributed by atoms with van der Waals surface area (Å²) in [7, 11) is 4.36. The molecule has 4 aromatic carbocycles. The van der Waals surface area contributed by atoms with E-state index in [2.05, 4.69) is 132 Å². The van der Waals surface area contributed by atoms with Crippen LogP contribution in [-0.2, 0) is 28.1 Å². The quantitative estimate of drug-likeness (QED) is 0.167. The molecule has 0 saturated heterocycles. The van der Waals surface area contributed by atoms with Crippen molar-refractivity contribution in [3.63, 3.8) is 0 Å². The van der Waals surface area contributed by atoms with Gasteiger partial charge < -0.3 is 28.4 Å². The summed E-state index contributed by atoms with van der Waals surface area (Å²) in [4.78, 5) is 0. The van der Waals surface area contributed by atoms with Crippen molar-refractivity contribution < 1.29 is 28.4 Å². The summed E-state index contributed by atoms with van der Waals surface area (Å²) in [5.74, 6) is 5.15. The van der Waals surface area contributed by atoms with Crippen LogP contribution in [0.2, 0.25) is 0 Å². The molecule has 0 radical (unpaired) electrons. The molecule has 6 rings (SSSR count). The molecule has 0 saturated carbocycles. The Morgan fingerprint density at radius 3 is 1.09 bits per heavy atom. The standard InChI is InChI=1S/C45H58O6P2/c1-42(2,3)30-19-26(20-31(40(30)46-13)43(4,5)6)52-36-17-15-34-38(50-24-48-34)28(36)23-29-37(18-16-35-39(29)51-25-49-35)53-27-21-32(44(7,8)9)41(47-14)33(22-27)45(10,11)12/h15-22,52-53H,23-25H2,1-14H3. The summed E-state index contributed by atoms with van der Waals surface area (Å²) >= 11 is 0. The van der Waals surface area contributed by atoms with Gasteiger partial charge in [0.1, 0.15) is 11.5 Å². The minimum Gasteiger partial charge on any atom is -0.496 e. The average Bonchev–Trinajstić information content (AvgIpc) is 3.74. The third kappa shape index (κ3) is 8.01. The first-order valence-electron chi connectivity index (χ1n) is 18.5. The minimum atomic E-state index is -0.0948. The zero-order chi connectivity index (χ0) is 38.7. The van der Waals surface area contributed by atoms with Gasteiger partial charge in [-0.05, 0) is 79.3 Å². The minimum absolute atomic E-state index is 0.0948. The predicted octanol–water partition coefficient (Wildman–Crippen LogP) is 9.20. The maximum atomic E-state index is 6.26. The number of benzene rings is 4. The zero-order valence-corrected chi connectivity index (χ0v) is 36.2. The number of methoxy groups -OCH3 is 2. The normalized spacial score (nSPS) is 14.6. The maximum absolute atomic E-state index is 6.26. The highest BCUT2D eigenvalue weighted by Crippen LogP contribution is 2.45. The smallest absolute Gasteiger partial charge is 0.231 e. The monoisotopic (exact) mass is 756 g/mol. The second-order valence-corrected chi connectivity index (χ2v) is 21.0. The molecule has 284 valence electrons. The van der Waals surface area contributed by atoms with Crippen LogP contribution in [-0.4, -0.2) is 27.8 Å². The van der Waals surface area contributed by atoms with Crippen LogP contribution < -0.4 is 49.6 Å². The molecule has 0 amide bonds. The molecule has 8 heteroatoms. The van der Waals surface area contributed by atoms with Crippen molar-refractivity contribution in [1.82, 2.24) is 0 Å². The van der Waals surface area contributed by atoms with E-state index < -0.39 is 0 Å². The second kappa shape index (κ2) is 14.3. The van der Waals surface area contributed by atoms with Gasteiger partial charge in [-0.2, -0.15) is 0 Å². The first-order valence-corrected chi connectivity index (χ1v) is 20.5. The molecule has 2 aliphatic rings. The van der Waals surface area contributed by atoms with Crippen LogP contribution in [0.3, 0.4) is 0 Å². The van der Waals surface area contributed by atoms with Crippen LogP contribution in [0.15, 0.2) is 48.5 Å². The highest BCUT2D eigenvalue weighted by Gasteiger charge is 2.31. The molecule has 0 aromatic heterocycles. The van der Waals surface area contributed by atoms with Gasteiger partial charge in [0.25, 0.3) is 0 Å². The highest BCUT2D eigenvalue weighted by molar-refractivity contribution is 7.56. The fourth-order valence-corrected chi connectivity index (χ4v) is 9.73. The molecule has 0 spiro atoms. The Labute approximate surface area is 321 Å². The summed E-state index contributed by atoms with van der Waals surface area (Å²) in [6.07, 6.45) is 0.618. The molecule has 2 unspecified atom stereocenters. The lowest BCUT2D eigenvalue weighted by Crippen LogP contribution is -2.23. The first-order chi connectivity index (χ1) is 24.7. The molecule has 0 bridgehead atoms. The highest BCUT2D eigenvalue weighted by atomic mass is 31.1. The van der Waals surface area contributed by atoms with Crippen molar-refractivity contribution in [3.05, 3.63) is 81.9 Å². The SMILES string of the molecule is COc1c(C(C)(C)C)cc(Pc2ccc3c(c2Cc2c(Pc4cc(C(C)(C)C)c(OC)c(C(C)(C)C)c4)ccc4c2OCO4)OCO3)cc1C(C)(C)C. The Hall–Kier alpha value is -3.46. The number of hydrogen-bond donors (Lipinski definition) is 0. The molecule has 2 aliphatic heterocycles. The number of hydrogen-bond acceptors (Lipinski definition) is 6. The van der Waals surface area contributed by atoms with Gasteiger partial charge in [-0.25, -0.2) is 0 Å². The van der Waals surface area contributed by atoms with E-state index in [-0.39, 0.29) is 35.2 Å². The summed E-state index contributed by atoms with van der Waals surface area (Å²) < 4.78 is 36.7. The second-order valence-electron chi connectivity index (χ2n) is 18.3. The van der Waals surface area contributed by atoms with E-state index in [1.54, 1.807) is 14.2 Å². The largest absolute Gasteiger partial charge is 0.496 e. The summed E-state index contributed by atoms with van der Waals surface area (Å²) in [5.41, 5.74) is 6.74. The summed E-state index contributed by atoms with van der Waals surface area (Å²) in [6.45, 7) is 27.5. The van der Waals surface area contributed by atoms with Gasteiger partial charge in [0.05, 0.1) is 14.2 Å². The van der Waals surface area contributed by atoms with Gasteiger partial charge in [0.15, 0.2) is 23.0 Å². The fourth-order valence-electron chi connectivity index (χ4n) is 7.20. The molecule has 6 nitrogen and oxygen atoms in total. The number of ether oxygens (including phenoxy) is 6. The average molecular weight is 757 g/mol. The topological polar surface area (TPSA) is 55.4 Å². The van der Waals surface area contributed by atoms with Crippen molar-refractivity contribution in [2.24, 2.45) is 0 Å². The Morgan fingerprint density at radius 2 is 0.811 bits per heavy atom. The Bertz CT molecular complexity index is 1810. The molecular formula is C45H58O6P2. The van der Waals surface area contributed by atoms with Crippen molar-refractivity contribution >= 4 is 38.4 Å². The van der Waals surface area contributed by atoms with Crippen molar-refractivity contribution in [2.45, 2.75) is 111 Å². The lowest BCUT2D eigenvalue weighted by Gasteiger charge is -2.30. The van der Waals surface area contributed by atoms with Crippen molar-refractivity contribution in [3.8, 4) is 34.5 Å². The summed E-state index contributed by atoms with van der Waals surface area (Å²) in [5, 5.41) is 4.98. The van der Waals surface area contributed by atoms with Crippen LogP contribution in [0, 0.1) is 0 Å². The van der Waals surface area contributed by atoms with Crippen LogP contribution in [0.4, 0.5) is 0 Å². The van der Waals surface area contributed by atoms with Gasteiger partial charge in [0.2, 0.25) is 13.6 Å². The van der Waals surface area contributed by atoms with E-state index in [9.17, 15) is 0 Å². The molecule has 0 N–H and O–H groups in total. The van der Waals surface area contributed by atoms with E-state index in [1.807, 2.05) is 0 Å². The fraction of sp³-hybridized carbons (Fsp3) is 0.467. The van der Waals surface area contributed by atoms with Gasteiger partial charge in [-0.15, -0.1) is 0 Å². The van der Waals surface area contributed by atoms with E-state index >= 15 is 0 Å². The van der Waals surface area contributed by atoms with Crippen LogP contribution in [0.25, 0.3) is 0 Å². The van der Waals surface area contributed by atoms with E-state index in [0.29, 0.717) is 23.6 Å². The molecule has 4 aromatic rings. The van der Waals surface area contributed by atoms with Gasteiger partial charge in [-0.1, -0.05) is 112 Å². The summed E-state index contributed by atoms with van der Waals surface area (Å²) in [6, 6.07) is 17.9. The Kier molecular flexibility index (Phi) is 10.6. The molecule has 53 heavy (non-hydrogen) atoms. The Morgan fingerprint density at radius 1 is 0.491 bits per heavy atom. The maximum Gasteiger partial charge on any atom is 0.231 e. The lowest BCUT2D eigenvalue weighted by molar-refractivity contribution is 0.173. The van der Waals surface area contributed by atoms with Gasteiger partial charge in [0, 0.05) is 39.8 Å². The molecule has 2 atom stereocenters. The third-order valence-electron chi connectivity index (χ3n) is 10.0. The lowest BCUT2D eigenvalue weighted by atomic mass is 9.79. The van der Waals surface area contributed by atoms with Gasteiger partial charge >= 0.3 is 0 Å². The van der Waals surface area contributed by atoms with Crippen molar-refractivity contribution in [2.75, 3.05) is 27.8 Å². The zero-order valence-electron chi connectivity index (χ0n) is 34.2. The van der Waals surface area contributed by atoms with E-state index in [0.717, 1.165) is 45.6 Å². The van der Waals surface area contributed by atoms with E-state index in [1.165, 1.54) is 43.5 Å². The molecule has 0 aliphatic carbocycles. The number of rotatable bonds is 8. The van der Waals surface area contributed by atoms with Crippen LogP contribution in [0.1, 0.15) is 116 Å². The molecule has 2 heterocycles. The molecular weight excluding hydrogens is 698 g/mol. The predicted molar refractivity (Wildman–Crippen MR) is 224 cm³/mol. The third-order valence-corrected chi connectivity index (χ3v) is 12.6. The van der Waals surface area contributed by atoms with E-state index in [4.69, 9.17) is 28.4 Å². The van der Waals surface area contributed by atoms with Crippen molar-refractivity contribution in [1.29, 1.82) is 0 Å². The first kappa shape index (κ1) is 39.2. The van der Waals surface area contributed by atoms with Crippen LogP contribution in [0.5, 0.6) is 34.5 Å². The Balaban J connectivity index is 1.49. The van der Waals surface area contributed by atoms with Crippen LogP contribution >= 0.6 is 17.2 Å². The van der Waals surface area contributed by atoms with Gasteiger partial charge in [-0.3, -0.25) is 0 Å². The number of fused-ring (bicyclic) bond motifs is 2. The molecule has 0 fully saturated rings.